The number of halogens is 1. The van der Waals surface area contributed by atoms with Gasteiger partial charge in [-0.3, -0.25) is 0 Å². The van der Waals surface area contributed by atoms with Crippen molar-refractivity contribution in [2.45, 2.75) is 64.7 Å². The van der Waals surface area contributed by atoms with Gasteiger partial charge in [0.15, 0.2) is 0 Å². The standard InChI is InChI=1S/C18H28ClN/c1-18(2)10-8-15(9-11-18)16-7-6-14(13-17(16)19)5-3-4-12-20/h6-7,13,15H,3-5,8-12,20H2,1-2H3. The molecule has 1 nitrogen and oxygen atoms in total. The minimum Gasteiger partial charge on any atom is -0.330 e. The van der Waals surface area contributed by atoms with Crippen LogP contribution in [0, 0.1) is 5.41 Å². The van der Waals surface area contributed by atoms with Crippen LogP contribution < -0.4 is 5.73 Å². The molecule has 1 aliphatic rings. The van der Waals surface area contributed by atoms with Crippen molar-refractivity contribution in [3.8, 4) is 0 Å². The van der Waals surface area contributed by atoms with Crippen LogP contribution >= 0.6 is 11.6 Å². The van der Waals surface area contributed by atoms with Crippen LogP contribution in [0.4, 0.5) is 0 Å². The zero-order chi connectivity index (χ0) is 14.6. The SMILES string of the molecule is CC1(C)CCC(c2ccc(CCCCN)cc2Cl)CC1. The molecule has 1 aromatic rings. The molecule has 20 heavy (non-hydrogen) atoms. The second-order valence-electron chi connectivity index (χ2n) is 7.04. The maximum absolute atomic E-state index is 6.52. The molecule has 112 valence electrons. The van der Waals surface area contributed by atoms with E-state index in [0.717, 1.165) is 30.8 Å². The molecule has 0 saturated heterocycles. The average Bonchev–Trinajstić information content (AvgIpc) is 2.40. The maximum atomic E-state index is 6.52. The van der Waals surface area contributed by atoms with Crippen molar-refractivity contribution in [2.24, 2.45) is 11.1 Å². The largest absolute Gasteiger partial charge is 0.330 e. The molecule has 2 N–H and O–H groups in total. The van der Waals surface area contributed by atoms with Gasteiger partial charge in [-0.25, -0.2) is 0 Å². The number of hydrogen-bond acceptors (Lipinski definition) is 1. The predicted molar refractivity (Wildman–Crippen MR) is 88.4 cm³/mol. The molecule has 0 atom stereocenters. The molecule has 0 bridgehead atoms. The van der Waals surface area contributed by atoms with Crippen molar-refractivity contribution in [1.29, 1.82) is 0 Å². The first-order valence-corrected chi connectivity index (χ1v) is 8.38. The average molecular weight is 294 g/mol. The summed E-state index contributed by atoms with van der Waals surface area (Å²) in [6.07, 6.45) is 8.52. The third-order valence-electron chi connectivity index (χ3n) is 4.76. The highest BCUT2D eigenvalue weighted by Gasteiger charge is 2.28. The summed E-state index contributed by atoms with van der Waals surface area (Å²) in [7, 11) is 0. The summed E-state index contributed by atoms with van der Waals surface area (Å²) in [5.74, 6) is 0.661. The van der Waals surface area contributed by atoms with Crippen LogP contribution in [0.3, 0.4) is 0 Å². The molecule has 0 heterocycles. The van der Waals surface area contributed by atoms with E-state index in [2.05, 4.69) is 32.0 Å². The van der Waals surface area contributed by atoms with Crippen LogP contribution in [0.25, 0.3) is 0 Å². The summed E-state index contributed by atoms with van der Waals surface area (Å²) in [4.78, 5) is 0. The van der Waals surface area contributed by atoms with Gasteiger partial charge < -0.3 is 5.73 Å². The number of hydrogen-bond donors (Lipinski definition) is 1. The third kappa shape index (κ3) is 4.23. The van der Waals surface area contributed by atoms with Gasteiger partial charge >= 0.3 is 0 Å². The van der Waals surface area contributed by atoms with E-state index in [0.29, 0.717) is 11.3 Å². The van der Waals surface area contributed by atoms with Gasteiger partial charge in [-0.2, -0.15) is 0 Å². The monoisotopic (exact) mass is 293 g/mol. The molecular weight excluding hydrogens is 266 g/mol. The van der Waals surface area contributed by atoms with E-state index in [4.69, 9.17) is 17.3 Å². The highest BCUT2D eigenvalue weighted by Crippen LogP contribution is 2.44. The first-order valence-electron chi connectivity index (χ1n) is 8.00. The summed E-state index contributed by atoms with van der Waals surface area (Å²) < 4.78 is 0. The van der Waals surface area contributed by atoms with Crippen LogP contribution in [-0.2, 0) is 6.42 Å². The van der Waals surface area contributed by atoms with Gasteiger partial charge in [0.05, 0.1) is 0 Å². The Labute approximate surface area is 128 Å². The molecule has 0 amide bonds. The van der Waals surface area contributed by atoms with Gasteiger partial charge in [0.25, 0.3) is 0 Å². The van der Waals surface area contributed by atoms with Gasteiger partial charge in [0, 0.05) is 5.02 Å². The van der Waals surface area contributed by atoms with Crippen molar-refractivity contribution < 1.29 is 0 Å². The number of unbranched alkanes of at least 4 members (excludes halogenated alkanes) is 1. The molecule has 0 unspecified atom stereocenters. The molecule has 1 saturated carbocycles. The van der Waals surface area contributed by atoms with E-state index in [9.17, 15) is 0 Å². The lowest BCUT2D eigenvalue weighted by Gasteiger charge is -2.34. The lowest BCUT2D eigenvalue weighted by Crippen LogP contribution is -2.20. The smallest absolute Gasteiger partial charge is 0.0443 e. The summed E-state index contributed by atoms with van der Waals surface area (Å²) in [5.41, 5.74) is 8.77. The van der Waals surface area contributed by atoms with Crippen molar-refractivity contribution >= 4 is 11.6 Å². The highest BCUT2D eigenvalue weighted by molar-refractivity contribution is 6.31. The lowest BCUT2D eigenvalue weighted by molar-refractivity contribution is 0.224. The van der Waals surface area contributed by atoms with Crippen molar-refractivity contribution in [3.05, 3.63) is 34.3 Å². The van der Waals surface area contributed by atoms with Crippen LogP contribution in [0.2, 0.25) is 5.02 Å². The molecule has 0 spiro atoms. The van der Waals surface area contributed by atoms with Crippen LogP contribution in [0.5, 0.6) is 0 Å². The van der Waals surface area contributed by atoms with Gasteiger partial charge in [0.2, 0.25) is 0 Å². The third-order valence-corrected chi connectivity index (χ3v) is 5.09. The fraction of sp³-hybridized carbons (Fsp3) is 0.667. The summed E-state index contributed by atoms with van der Waals surface area (Å²) in [5, 5.41) is 0.972. The number of nitrogens with two attached hydrogens (primary N) is 1. The minimum absolute atomic E-state index is 0.519. The molecule has 2 heteroatoms. The zero-order valence-corrected chi connectivity index (χ0v) is 13.7. The highest BCUT2D eigenvalue weighted by atomic mass is 35.5. The Morgan fingerprint density at radius 1 is 1.20 bits per heavy atom. The summed E-state index contributed by atoms with van der Waals surface area (Å²) in [6, 6.07) is 6.70. The molecule has 0 aliphatic heterocycles. The van der Waals surface area contributed by atoms with Gasteiger partial charge in [-0.1, -0.05) is 37.6 Å². The Balaban J connectivity index is 1.99. The summed E-state index contributed by atoms with van der Waals surface area (Å²) >= 11 is 6.52. The molecule has 2 rings (SSSR count). The Morgan fingerprint density at radius 2 is 1.90 bits per heavy atom. The topological polar surface area (TPSA) is 26.0 Å². The second-order valence-corrected chi connectivity index (χ2v) is 7.45. The molecule has 1 fully saturated rings. The number of benzene rings is 1. The first-order chi connectivity index (χ1) is 9.52. The summed E-state index contributed by atoms with van der Waals surface area (Å²) in [6.45, 7) is 5.54. The van der Waals surface area contributed by atoms with Crippen molar-refractivity contribution in [3.63, 3.8) is 0 Å². The Morgan fingerprint density at radius 3 is 2.50 bits per heavy atom. The quantitative estimate of drug-likeness (QED) is 0.732. The first kappa shape index (κ1) is 15.9. The molecule has 1 aliphatic carbocycles. The Hall–Kier alpha value is -0.530. The predicted octanol–water partition coefficient (Wildman–Crippen LogP) is 5.31. The lowest BCUT2D eigenvalue weighted by atomic mass is 9.71. The fourth-order valence-electron chi connectivity index (χ4n) is 3.24. The fourth-order valence-corrected chi connectivity index (χ4v) is 3.60. The molecule has 1 aromatic carbocycles. The van der Waals surface area contributed by atoms with E-state index in [1.165, 1.54) is 36.8 Å². The number of rotatable bonds is 5. The van der Waals surface area contributed by atoms with Crippen molar-refractivity contribution in [1.82, 2.24) is 0 Å². The molecular formula is C18H28ClN. The van der Waals surface area contributed by atoms with Crippen LogP contribution in [0.15, 0.2) is 18.2 Å². The molecule has 0 aromatic heterocycles. The van der Waals surface area contributed by atoms with Gasteiger partial charge in [0.1, 0.15) is 0 Å². The van der Waals surface area contributed by atoms with Gasteiger partial charge in [-0.05, 0) is 80.0 Å². The number of aryl methyl sites for hydroxylation is 1. The second kappa shape index (κ2) is 6.95. The maximum Gasteiger partial charge on any atom is 0.0443 e. The zero-order valence-electron chi connectivity index (χ0n) is 12.9. The Kier molecular flexibility index (Phi) is 5.51. The van der Waals surface area contributed by atoms with Crippen LogP contribution in [0.1, 0.15) is 69.4 Å². The van der Waals surface area contributed by atoms with E-state index in [1.807, 2.05) is 0 Å². The van der Waals surface area contributed by atoms with Crippen molar-refractivity contribution in [2.75, 3.05) is 6.54 Å². The minimum atomic E-state index is 0.519. The van der Waals surface area contributed by atoms with E-state index in [1.54, 1.807) is 0 Å². The van der Waals surface area contributed by atoms with E-state index in [-0.39, 0.29) is 0 Å². The van der Waals surface area contributed by atoms with Crippen LogP contribution in [-0.4, -0.2) is 6.54 Å². The van der Waals surface area contributed by atoms with E-state index >= 15 is 0 Å². The molecule has 0 radical (unpaired) electrons. The Bertz CT molecular complexity index is 429. The van der Waals surface area contributed by atoms with Gasteiger partial charge in [-0.15, -0.1) is 0 Å². The van der Waals surface area contributed by atoms with E-state index < -0.39 is 0 Å². The normalized spacial score (nSPS) is 19.2.